The fourth-order valence-electron chi connectivity index (χ4n) is 2.70. The summed E-state index contributed by atoms with van der Waals surface area (Å²) in [5.74, 6) is 1.91. The number of likely N-dealkylation sites (N-methyl/N-ethyl adjacent to an activating group) is 1. The summed E-state index contributed by atoms with van der Waals surface area (Å²) in [6.45, 7) is 3.70. The number of methoxy groups -OCH3 is 1. The van der Waals surface area contributed by atoms with Gasteiger partial charge in [-0.1, -0.05) is 0 Å². The summed E-state index contributed by atoms with van der Waals surface area (Å²) >= 11 is 5.45. The summed E-state index contributed by atoms with van der Waals surface area (Å²) in [4.78, 5) is 14.2. The molecule has 1 heterocycles. The van der Waals surface area contributed by atoms with Crippen molar-refractivity contribution in [3.63, 3.8) is 0 Å². The molecular formula is C20H23N3O4S. The number of hydrogen-bond acceptors (Lipinski definition) is 5. The Balaban J connectivity index is 1.57. The van der Waals surface area contributed by atoms with Crippen molar-refractivity contribution >= 4 is 34.6 Å². The lowest BCUT2D eigenvalue weighted by Crippen LogP contribution is -2.40. The number of thiocarbonyl (C=S) groups is 1. The van der Waals surface area contributed by atoms with Crippen molar-refractivity contribution in [1.29, 1.82) is 0 Å². The van der Waals surface area contributed by atoms with Crippen LogP contribution in [0.3, 0.4) is 0 Å². The molecule has 0 saturated carbocycles. The van der Waals surface area contributed by atoms with Crippen molar-refractivity contribution in [1.82, 2.24) is 4.90 Å². The predicted molar refractivity (Wildman–Crippen MR) is 113 cm³/mol. The second-order valence-corrected chi connectivity index (χ2v) is 6.47. The monoisotopic (exact) mass is 401 g/mol. The Labute approximate surface area is 169 Å². The number of amides is 1. The van der Waals surface area contributed by atoms with Crippen LogP contribution in [-0.2, 0) is 4.79 Å². The van der Waals surface area contributed by atoms with Gasteiger partial charge in [-0.05, 0) is 55.5 Å². The van der Waals surface area contributed by atoms with Crippen LogP contribution in [0.15, 0.2) is 42.5 Å². The number of carbonyl (C=O) groups excluding carboxylic acids is 1. The highest BCUT2D eigenvalue weighted by atomic mass is 32.1. The first kappa shape index (κ1) is 19.8. The SMILES string of the molecule is CCN(CC(=O)Nc1ccc2c(c1)OCCO2)C(=S)Nc1ccc(OC)cc1. The summed E-state index contributed by atoms with van der Waals surface area (Å²) in [6.07, 6.45) is 0. The average Bonchev–Trinajstić information content (AvgIpc) is 2.72. The second kappa shape index (κ2) is 9.27. The van der Waals surface area contributed by atoms with Gasteiger partial charge in [-0.2, -0.15) is 0 Å². The summed E-state index contributed by atoms with van der Waals surface area (Å²) in [5, 5.41) is 6.49. The number of benzene rings is 2. The molecule has 2 aromatic carbocycles. The van der Waals surface area contributed by atoms with Crippen LogP contribution < -0.4 is 24.8 Å². The van der Waals surface area contributed by atoms with Gasteiger partial charge in [0.25, 0.3) is 0 Å². The van der Waals surface area contributed by atoms with Crippen LogP contribution in [0.5, 0.6) is 17.2 Å². The zero-order chi connectivity index (χ0) is 19.9. The van der Waals surface area contributed by atoms with Gasteiger partial charge in [-0.25, -0.2) is 0 Å². The fraction of sp³-hybridized carbons (Fsp3) is 0.300. The zero-order valence-electron chi connectivity index (χ0n) is 15.9. The Morgan fingerprint density at radius 1 is 1.07 bits per heavy atom. The van der Waals surface area contributed by atoms with Gasteiger partial charge in [-0.3, -0.25) is 4.79 Å². The topological polar surface area (TPSA) is 72.1 Å². The first-order valence-corrected chi connectivity index (χ1v) is 9.39. The smallest absolute Gasteiger partial charge is 0.243 e. The van der Waals surface area contributed by atoms with Gasteiger partial charge < -0.3 is 29.7 Å². The third kappa shape index (κ3) is 5.04. The molecule has 8 heteroatoms. The Morgan fingerprint density at radius 3 is 2.43 bits per heavy atom. The van der Waals surface area contributed by atoms with E-state index in [4.69, 9.17) is 26.4 Å². The number of carbonyl (C=O) groups is 1. The molecule has 1 aliphatic rings. The van der Waals surface area contributed by atoms with E-state index in [0.717, 1.165) is 11.4 Å². The van der Waals surface area contributed by atoms with E-state index in [2.05, 4.69) is 10.6 Å². The minimum absolute atomic E-state index is 0.132. The van der Waals surface area contributed by atoms with Crippen LogP contribution in [0, 0.1) is 0 Å². The van der Waals surface area contributed by atoms with Crippen molar-refractivity contribution in [3.05, 3.63) is 42.5 Å². The highest BCUT2D eigenvalue weighted by Crippen LogP contribution is 2.32. The van der Waals surface area contributed by atoms with Crippen molar-refractivity contribution in [3.8, 4) is 17.2 Å². The van der Waals surface area contributed by atoms with Gasteiger partial charge in [0.15, 0.2) is 16.6 Å². The van der Waals surface area contributed by atoms with E-state index in [1.165, 1.54) is 0 Å². The van der Waals surface area contributed by atoms with E-state index < -0.39 is 0 Å². The van der Waals surface area contributed by atoms with Crippen LogP contribution in [0.1, 0.15) is 6.92 Å². The minimum atomic E-state index is -0.169. The molecule has 2 aromatic rings. The number of nitrogens with one attached hydrogen (secondary N) is 2. The third-order valence-electron chi connectivity index (χ3n) is 4.17. The van der Waals surface area contributed by atoms with Gasteiger partial charge in [-0.15, -0.1) is 0 Å². The molecule has 1 aliphatic heterocycles. The van der Waals surface area contributed by atoms with Gasteiger partial charge in [0.2, 0.25) is 5.91 Å². The molecule has 0 fully saturated rings. The van der Waals surface area contributed by atoms with Crippen LogP contribution in [0.25, 0.3) is 0 Å². The Bertz CT molecular complexity index is 842. The number of nitrogens with zero attached hydrogens (tertiary/aromatic N) is 1. The summed E-state index contributed by atoms with van der Waals surface area (Å²) in [7, 11) is 1.62. The molecule has 2 N–H and O–H groups in total. The van der Waals surface area contributed by atoms with Gasteiger partial charge in [0.1, 0.15) is 19.0 Å². The molecular weight excluding hydrogens is 378 g/mol. The van der Waals surface area contributed by atoms with Gasteiger partial charge in [0.05, 0.1) is 13.7 Å². The molecule has 0 aliphatic carbocycles. The fourth-order valence-corrected chi connectivity index (χ4v) is 3.01. The molecule has 0 unspecified atom stereocenters. The molecule has 0 bridgehead atoms. The highest BCUT2D eigenvalue weighted by molar-refractivity contribution is 7.80. The van der Waals surface area contributed by atoms with E-state index >= 15 is 0 Å². The van der Waals surface area contributed by atoms with Gasteiger partial charge >= 0.3 is 0 Å². The molecule has 7 nitrogen and oxygen atoms in total. The molecule has 3 rings (SSSR count). The first-order valence-electron chi connectivity index (χ1n) is 8.98. The molecule has 28 heavy (non-hydrogen) atoms. The number of hydrogen-bond donors (Lipinski definition) is 2. The number of rotatable bonds is 6. The Hall–Kier alpha value is -3.00. The molecule has 0 atom stereocenters. The number of fused-ring (bicyclic) bond motifs is 1. The molecule has 0 saturated heterocycles. The minimum Gasteiger partial charge on any atom is -0.497 e. The number of anilines is 2. The zero-order valence-corrected chi connectivity index (χ0v) is 16.7. The Morgan fingerprint density at radius 2 is 1.75 bits per heavy atom. The lowest BCUT2D eigenvalue weighted by Gasteiger charge is -2.24. The molecule has 1 amide bonds. The van der Waals surface area contributed by atoms with E-state index in [0.29, 0.717) is 42.1 Å². The summed E-state index contributed by atoms with van der Waals surface area (Å²) < 4.78 is 16.2. The first-order chi connectivity index (χ1) is 13.6. The quantitative estimate of drug-likeness (QED) is 0.721. The van der Waals surface area contributed by atoms with Crippen LogP contribution in [-0.4, -0.2) is 49.3 Å². The molecule has 0 radical (unpaired) electrons. The maximum atomic E-state index is 12.5. The standard InChI is InChI=1S/C20H23N3O4S/c1-3-23(20(28)22-14-4-7-16(25-2)8-5-14)13-19(24)21-15-6-9-17-18(12-15)27-11-10-26-17/h4-9,12H,3,10-11,13H2,1-2H3,(H,21,24)(H,22,28). The lowest BCUT2D eigenvalue weighted by molar-refractivity contribution is -0.116. The van der Waals surface area contributed by atoms with Crippen LogP contribution in [0.4, 0.5) is 11.4 Å². The lowest BCUT2D eigenvalue weighted by atomic mass is 10.2. The normalized spacial score (nSPS) is 12.1. The second-order valence-electron chi connectivity index (χ2n) is 6.08. The Kier molecular flexibility index (Phi) is 6.54. The maximum absolute atomic E-state index is 12.5. The van der Waals surface area contributed by atoms with Crippen molar-refractivity contribution in [2.24, 2.45) is 0 Å². The third-order valence-corrected chi connectivity index (χ3v) is 4.53. The van der Waals surface area contributed by atoms with E-state index in [-0.39, 0.29) is 12.5 Å². The van der Waals surface area contributed by atoms with Crippen LogP contribution >= 0.6 is 12.2 Å². The van der Waals surface area contributed by atoms with Gasteiger partial charge in [0, 0.05) is 24.0 Å². The largest absolute Gasteiger partial charge is 0.497 e. The maximum Gasteiger partial charge on any atom is 0.243 e. The molecule has 148 valence electrons. The van der Waals surface area contributed by atoms with E-state index in [9.17, 15) is 4.79 Å². The van der Waals surface area contributed by atoms with Crippen molar-refractivity contribution in [2.45, 2.75) is 6.92 Å². The number of ether oxygens (including phenoxy) is 3. The van der Waals surface area contributed by atoms with Crippen LogP contribution in [0.2, 0.25) is 0 Å². The van der Waals surface area contributed by atoms with E-state index in [1.807, 2.05) is 31.2 Å². The highest BCUT2D eigenvalue weighted by Gasteiger charge is 2.15. The van der Waals surface area contributed by atoms with Crippen molar-refractivity contribution < 1.29 is 19.0 Å². The summed E-state index contributed by atoms with van der Waals surface area (Å²) in [5.41, 5.74) is 1.48. The molecule has 0 aromatic heterocycles. The average molecular weight is 401 g/mol. The predicted octanol–water partition coefficient (Wildman–Crippen LogP) is 3.12. The van der Waals surface area contributed by atoms with E-state index in [1.54, 1.807) is 30.2 Å². The van der Waals surface area contributed by atoms with Crippen molar-refractivity contribution in [2.75, 3.05) is 44.0 Å². The summed E-state index contributed by atoms with van der Waals surface area (Å²) in [6, 6.07) is 12.8. The molecule has 0 spiro atoms.